The van der Waals surface area contributed by atoms with Crippen molar-refractivity contribution in [3.8, 4) is 0 Å². The van der Waals surface area contributed by atoms with Crippen LogP contribution in [-0.2, 0) is 0 Å². The summed E-state index contributed by atoms with van der Waals surface area (Å²) in [5.41, 5.74) is 5.25. The number of carbonyl (C=O) groups excluding carboxylic acids is 1. The molecule has 1 aliphatic rings. The molecule has 0 spiro atoms. The lowest BCUT2D eigenvalue weighted by molar-refractivity contribution is 0.0710. The number of rotatable bonds is 4. The van der Waals surface area contributed by atoms with Gasteiger partial charge in [0, 0.05) is 24.5 Å². The number of amidine groups is 1. The van der Waals surface area contributed by atoms with Crippen LogP contribution < -0.4 is 11.2 Å². The first-order valence-corrected chi connectivity index (χ1v) is 6.58. The Labute approximate surface area is 116 Å². The highest BCUT2D eigenvalue weighted by Gasteiger charge is 2.29. The van der Waals surface area contributed by atoms with Crippen molar-refractivity contribution in [2.75, 3.05) is 6.54 Å². The van der Waals surface area contributed by atoms with E-state index >= 15 is 0 Å². The largest absolute Gasteiger partial charge is 0.409 e. The fraction of sp³-hybridized carbons (Fsp3) is 0.462. The molecule has 0 aromatic carbocycles. The maximum absolute atomic E-state index is 12.5. The number of hydrogen-bond acceptors (Lipinski definition) is 4. The van der Waals surface area contributed by atoms with Crippen LogP contribution in [0.2, 0.25) is 0 Å². The monoisotopic (exact) mass is 278 g/mol. The highest BCUT2D eigenvalue weighted by molar-refractivity contribution is 5.96. The predicted molar refractivity (Wildman–Crippen MR) is 73.8 cm³/mol. The standard InChI is InChI=1S/C13H18N4O3/c14-12(16-20)8-17(9-3-1-2-4-9)13(19)10-7-15-6-5-11(10)18/h5-7,9,20H,1-4,8H2,(H2,14,16)(H,15,18). The van der Waals surface area contributed by atoms with E-state index in [1.807, 2.05) is 0 Å². The van der Waals surface area contributed by atoms with Crippen LogP contribution >= 0.6 is 0 Å². The molecule has 7 heteroatoms. The first-order chi connectivity index (χ1) is 9.63. The Balaban J connectivity index is 2.28. The van der Waals surface area contributed by atoms with Crippen molar-refractivity contribution in [1.82, 2.24) is 9.88 Å². The van der Waals surface area contributed by atoms with Gasteiger partial charge in [0.05, 0.1) is 6.54 Å². The third kappa shape index (κ3) is 2.98. The van der Waals surface area contributed by atoms with E-state index in [1.54, 1.807) is 0 Å². The molecule has 0 aliphatic heterocycles. The Morgan fingerprint density at radius 1 is 1.50 bits per heavy atom. The zero-order valence-electron chi connectivity index (χ0n) is 11.1. The van der Waals surface area contributed by atoms with Gasteiger partial charge in [-0.2, -0.15) is 0 Å². The number of aromatic amines is 1. The van der Waals surface area contributed by atoms with Gasteiger partial charge in [0.2, 0.25) is 0 Å². The van der Waals surface area contributed by atoms with Crippen LogP contribution in [0.1, 0.15) is 36.0 Å². The van der Waals surface area contributed by atoms with Crippen molar-refractivity contribution in [3.05, 3.63) is 34.2 Å². The van der Waals surface area contributed by atoms with Gasteiger partial charge in [-0.05, 0) is 12.8 Å². The number of nitrogens with two attached hydrogens (primary N) is 1. The topological polar surface area (TPSA) is 112 Å². The van der Waals surface area contributed by atoms with E-state index in [4.69, 9.17) is 10.9 Å². The molecule has 1 heterocycles. The van der Waals surface area contributed by atoms with Gasteiger partial charge < -0.3 is 20.8 Å². The van der Waals surface area contributed by atoms with Gasteiger partial charge in [-0.1, -0.05) is 18.0 Å². The Morgan fingerprint density at radius 3 is 2.80 bits per heavy atom. The Kier molecular flexibility index (Phi) is 4.39. The molecule has 1 aromatic rings. The quantitative estimate of drug-likeness (QED) is 0.322. The predicted octanol–water partition coefficient (Wildman–Crippen LogP) is 0.506. The number of pyridine rings is 1. The Bertz CT molecular complexity index is 561. The van der Waals surface area contributed by atoms with E-state index in [9.17, 15) is 9.59 Å². The van der Waals surface area contributed by atoms with E-state index in [2.05, 4.69) is 10.1 Å². The number of hydrogen-bond donors (Lipinski definition) is 3. The number of aromatic nitrogens is 1. The van der Waals surface area contributed by atoms with Crippen molar-refractivity contribution in [2.45, 2.75) is 31.7 Å². The molecular weight excluding hydrogens is 260 g/mol. The zero-order valence-corrected chi connectivity index (χ0v) is 11.1. The molecule has 4 N–H and O–H groups in total. The van der Waals surface area contributed by atoms with E-state index in [0.717, 1.165) is 25.7 Å². The number of carbonyl (C=O) groups is 1. The number of nitrogens with zero attached hydrogens (tertiary/aromatic N) is 2. The summed E-state index contributed by atoms with van der Waals surface area (Å²) >= 11 is 0. The molecule has 1 saturated carbocycles. The minimum absolute atomic E-state index is 0.0222. The summed E-state index contributed by atoms with van der Waals surface area (Å²) in [5.74, 6) is -0.428. The second-order valence-electron chi connectivity index (χ2n) is 4.88. The summed E-state index contributed by atoms with van der Waals surface area (Å²) in [6.07, 6.45) is 6.68. The Hall–Kier alpha value is -2.31. The maximum atomic E-state index is 12.5. The number of H-pyrrole nitrogens is 1. The molecule has 108 valence electrons. The molecule has 1 amide bonds. The van der Waals surface area contributed by atoms with Gasteiger partial charge in [0.15, 0.2) is 11.3 Å². The molecule has 1 aliphatic carbocycles. The molecule has 1 aromatic heterocycles. The minimum atomic E-state index is -0.384. The second kappa shape index (κ2) is 6.23. The van der Waals surface area contributed by atoms with Crippen LogP contribution in [0.4, 0.5) is 0 Å². The molecule has 0 atom stereocenters. The first-order valence-electron chi connectivity index (χ1n) is 6.58. The highest BCUT2D eigenvalue weighted by atomic mass is 16.4. The minimum Gasteiger partial charge on any atom is -0.409 e. The molecule has 7 nitrogen and oxygen atoms in total. The van der Waals surface area contributed by atoms with Crippen molar-refractivity contribution in [3.63, 3.8) is 0 Å². The van der Waals surface area contributed by atoms with Crippen LogP contribution in [0.5, 0.6) is 0 Å². The van der Waals surface area contributed by atoms with Crippen LogP contribution in [0.25, 0.3) is 0 Å². The van der Waals surface area contributed by atoms with Crippen LogP contribution in [0, 0.1) is 0 Å². The molecule has 0 radical (unpaired) electrons. The smallest absolute Gasteiger partial charge is 0.259 e. The van der Waals surface area contributed by atoms with E-state index < -0.39 is 0 Å². The second-order valence-corrected chi connectivity index (χ2v) is 4.88. The fourth-order valence-electron chi connectivity index (χ4n) is 2.53. The molecule has 2 rings (SSSR count). The van der Waals surface area contributed by atoms with Gasteiger partial charge >= 0.3 is 0 Å². The van der Waals surface area contributed by atoms with E-state index in [1.165, 1.54) is 23.4 Å². The molecule has 1 fully saturated rings. The average molecular weight is 278 g/mol. The normalized spacial score (nSPS) is 16.3. The van der Waals surface area contributed by atoms with Gasteiger partial charge in [-0.25, -0.2) is 0 Å². The summed E-state index contributed by atoms with van der Waals surface area (Å²) in [6.45, 7) is 0.0222. The van der Waals surface area contributed by atoms with Gasteiger partial charge in [0.25, 0.3) is 5.91 Å². The van der Waals surface area contributed by atoms with Crippen molar-refractivity contribution >= 4 is 11.7 Å². The third-order valence-electron chi connectivity index (χ3n) is 3.54. The number of oxime groups is 1. The van der Waals surface area contributed by atoms with Crippen molar-refractivity contribution in [2.24, 2.45) is 10.9 Å². The summed E-state index contributed by atoms with van der Waals surface area (Å²) in [7, 11) is 0. The van der Waals surface area contributed by atoms with Crippen molar-refractivity contribution in [1.29, 1.82) is 0 Å². The first kappa shape index (κ1) is 14.1. The van der Waals surface area contributed by atoms with Crippen molar-refractivity contribution < 1.29 is 10.0 Å². The summed E-state index contributed by atoms with van der Waals surface area (Å²) in [6, 6.07) is 1.34. The SMILES string of the molecule is N/C(CN(C(=O)c1c[nH]ccc1=O)C1CCCC1)=N/O. The lowest BCUT2D eigenvalue weighted by atomic mass is 10.1. The maximum Gasteiger partial charge on any atom is 0.259 e. The lowest BCUT2D eigenvalue weighted by Crippen LogP contribution is -2.45. The van der Waals surface area contributed by atoms with E-state index in [0.29, 0.717) is 0 Å². The van der Waals surface area contributed by atoms with Crippen LogP contribution in [-0.4, -0.2) is 39.4 Å². The summed E-state index contributed by atoms with van der Waals surface area (Å²) < 4.78 is 0. The molecule has 0 unspecified atom stereocenters. The van der Waals surface area contributed by atoms with Gasteiger partial charge in [0.1, 0.15) is 5.56 Å². The lowest BCUT2D eigenvalue weighted by Gasteiger charge is -2.28. The van der Waals surface area contributed by atoms with Gasteiger partial charge in [-0.15, -0.1) is 0 Å². The van der Waals surface area contributed by atoms with Gasteiger partial charge in [-0.3, -0.25) is 9.59 Å². The molecule has 20 heavy (non-hydrogen) atoms. The van der Waals surface area contributed by atoms with E-state index in [-0.39, 0.29) is 35.3 Å². The Morgan fingerprint density at radius 2 is 2.20 bits per heavy atom. The summed E-state index contributed by atoms with van der Waals surface area (Å²) in [5, 5.41) is 11.6. The molecule has 0 bridgehead atoms. The summed E-state index contributed by atoms with van der Waals surface area (Å²) in [4.78, 5) is 28.5. The molecule has 0 saturated heterocycles. The third-order valence-corrected chi connectivity index (χ3v) is 3.54. The fourth-order valence-corrected chi connectivity index (χ4v) is 2.53. The highest BCUT2D eigenvalue weighted by Crippen LogP contribution is 2.24. The number of nitrogens with one attached hydrogen (secondary N) is 1. The molecular formula is C13H18N4O3. The van der Waals surface area contributed by atoms with Crippen LogP contribution in [0.3, 0.4) is 0 Å². The zero-order chi connectivity index (χ0) is 14.5. The average Bonchev–Trinajstić information content (AvgIpc) is 2.98. The number of amides is 1. The van der Waals surface area contributed by atoms with Crippen LogP contribution in [0.15, 0.2) is 28.4 Å².